The molecular formula is C30H29N3O3. The van der Waals surface area contributed by atoms with Gasteiger partial charge >= 0.3 is 5.97 Å². The number of hydrogen-bond donors (Lipinski definition) is 3. The number of carboxylic acid groups (broad SMARTS) is 1. The van der Waals surface area contributed by atoms with E-state index < -0.39 is 5.97 Å². The summed E-state index contributed by atoms with van der Waals surface area (Å²) in [6.45, 7) is 0. The van der Waals surface area contributed by atoms with Crippen molar-refractivity contribution in [2.24, 2.45) is 23.2 Å². The van der Waals surface area contributed by atoms with Gasteiger partial charge in [0.05, 0.1) is 0 Å². The molecule has 5 unspecified atom stereocenters. The van der Waals surface area contributed by atoms with Crippen molar-refractivity contribution in [3.8, 4) is 0 Å². The highest BCUT2D eigenvalue weighted by atomic mass is 16.4. The molecule has 6 heteroatoms. The van der Waals surface area contributed by atoms with Crippen LogP contribution in [0.2, 0.25) is 0 Å². The van der Waals surface area contributed by atoms with Crippen LogP contribution < -0.4 is 10.6 Å². The van der Waals surface area contributed by atoms with Gasteiger partial charge in [0.15, 0.2) is 0 Å². The van der Waals surface area contributed by atoms with Crippen LogP contribution in [0.1, 0.15) is 64.8 Å². The molecular weight excluding hydrogens is 450 g/mol. The van der Waals surface area contributed by atoms with Crippen LogP contribution in [0.15, 0.2) is 66.9 Å². The molecule has 3 bridgehead atoms. The first-order valence-corrected chi connectivity index (χ1v) is 12.9. The van der Waals surface area contributed by atoms with Gasteiger partial charge in [0.1, 0.15) is 11.4 Å². The summed E-state index contributed by atoms with van der Waals surface area (Å²) in [7, 11) is 0. The number of hydrogen-bond acceptors (Lipinski definition) is 4. The van der Waals surface area contributed by atoms with Gasteiger partial charge in [-0.15, -0.1) is 0 Å². The number of carbonyl (C=O) groups excluding carboxylic acids is 1. The molecule has 0 saturated heterocycles. The number of carbonyl (C=O) groups is 2. The van der Waals surface area contributed by atoms with E-state index in [0.29, 0.717) is 22.1 Å². The molecule has 0 aliphatic heterocycles. The Morgan fingerprint density at radius 2 is 1.61 bits per heavy atom. The van der Waals surface area contributed by atoms with Crippen LogP contribution in [-0.4, -0.2) is 22.0 Å². The van der Waals surface area contributed by atoms with Crippen molar-refractivity contribution in [3.05, 3.63) is 83.6 Å². The molecule has 3 N–H and O–H groups in total. The average molecular weight is 480 g/mol. The molecule has 6 nitrogen and oxygen atoms in total. The maximum Gasteiger partial charge on any atom is 0.339 e. The van der Waals surface area contributed by atoms with Gasteiger partial charge < -0.3 is 15.7 Å². The molecule has 1 spiro atoms. The van der Waals surface area contributed by atoms with E-state index in [4.69, 9.17) is 0 Å². The fourth-order valence-electron chi connectivity index (χ4n) is 8.50. The molecule has 0 radical (unpaired) electrons. The maximum absolute atomic E-state index is 12.9. The fraction of sp³-hybridized carbons (Fsp3) is 0.367. The summed E-state index contributed by atoms with van der Waals surface area (Å²) < 4.78 is 0. The first-order chi connectivity index (χ1) is 17.5. The quantitative estimate of drug-likeness (QED) is 0.389. The minimum Gasteiger partial charge on any atom is -0.478 e. The number of aromatic nitrogens is 1. The molecule has 4 fully saturated rings. The number of carboxylic acids is 1. The Balaban J connectivity index is 1.04. The summed E-state index contributed by atoms with van der Waals surface area (Å²) in [5.74, 6) is 1.88. The molecule has 5 atom stereocenters. The predicted molar refractivity (Wildman–Crippen MR) is 138 cm³/mol. The van der Waals surface area contributed by atoms with Crippen LogP contribution in [0.4, 0.5) is 17.2 Å². The molecule has 4 saturated carbocycles. The standard InChI is InChI=1S/C30H29N3O3/c34-27(20-3-7-23(8-4-20)32-26-25(28(35)36)2-1-11-31-26)33-24-9-5-21(6-10-24)30-16-19-12-18-13-22(17-30)29(30,14-18)15-19/h1-11,18-19,22H,12-17H2,(H,31,32)(H,33,34)(H,35,36). The summed E-state index contributed by atoms with van der Waals surface area (Å²) >= 11 is 0. The van der Waals surface area contributed by atoms with E-state index in [1.54, 1.807) is 30.3 Å². The zero-order valence-electron chi connectivity index (χ0n) is 20.0. The van der Waals surface area contributed by atoms with Gasteiger partial charge in [-0.3, -0.25) is 4.79 Å². The minimum atomic E-state index is -1.05. The van der Waals surface area contributed by atoms with E-state index >= 15 is 0 Å². The predicted octanol–water partition coefficient (Wildman–Crippen LogP) is 6.24. The Morgan fingerprint density at radius 1 is 0.861 bits per heavy atom. The second-order valence-electron chi connectivity index (χ2n) is 11.4. The van der Waals surface area contributed by atoms with Crippen molar-refractivity contribution < 1.29 is 14.7 Å². The summed E-state index contributed by atoms with van der Waals surface area (Å²) in [4.78, 5) is 28.4. The summed E-state index contributed by atoms with van der Waals surface area (Å²) in [5.41, 5.74) is 4.52. The number of pyridine rings is 1. The number of fused-ring (bicyclic) bond motifs is 2. The Labute approximate surface area is 210 Å². The van der Waals surface area contributed by atoms with Gasteiger partial charge in [-0.05, 0) is 116 Å². The maximum atomic E-state index is 12.9. The molecule has 1 amide bonds. The van der Waals surface area contributed by atoms with Crippen molar-refractivity contribution in [3.63, 3.8) is 0 Å². The van der Waals surface area contributed by atoms with Gasteiger partial charge in [-0.2, -0.15) is 0 Å². The number of amides is 1. The van der Waals surface area contributed by atoms with Crippen LogP contribution in [0.3, 0.4) is 0 Å². The van der Waals surface area contributed by atoms with Gasteiger partial charge in [0.2, 0.25) is 0 Å². The molecule has 4 aliphatic carbocycles. The van der Waals surface area contributed by atoms with Crippen molar-refractivity contribution in [1.29, 1.82) is 0 Å². The van der Waals surface area contributed by atoms with E-state index in [9.17, 15) is 14.7 Å². The number of rotatable bonds is 6. The summed E-state index contributed by atoms with van der Waals surface area (Å²) in [6.07, 6.45) is 10.0. The topological polar surface area (TPSA) is 91.3 Å². The van der Waals surface area contributed by atoms with E-state index in [2.05, 4.69) is 39.9 Å². The van der Waals surface area contributed by atoms with Crippen LogP contribution >= 0.6 is 0 Å². The first-order valence-electron chi connectivity index (χ1n) is 12.9. The van der Waals surface area contributed by atoms with Crippen LogP contribution in [0.25, 0.3) is 0 Å². The number of aromatic carboxylic acids is 1. The number of benzene rings is 2. The van der Waals surface area contributed by atoms with E-state index in [1.165, 1.54) is 56.4 Å². The molecule has 7 rings (SSSR count). The largest absolute Gasteiger partial charge is 0.478 e. The SMILES string of the molecule is O=C(Nc1ccc(C23CC4CC5CC(C2)C3(C5)C4)cc1)c1ccc(Nc2ncccc2C(=O)O)cc1. The van der Waals surface area contributed by atoms with Gasteiger partial charge in [-0.25, -0.2) is 9.78 Å². The molecule has 182 valence electrons. The number of anilines is 3. The number of nitrogens with one attached hydrogen (secondary N) is 2. The molecule has 3 aromatic rings. The third kappa shape index (κ3) is 3.06. The van der Waals surface area contributed by atoms with E-state index in [0.717, 1.165) is 23.4 Å². The third-order valence-electron chi connectivity index (χ3n) is 9.70. The van der Waals surface area contributed by atoms with Crippen molar-refractivity contribution in [2.75, 3.05) is 10.6 Å². The molecule has 4 aliphatic rings. The van der Waals surface area contributed by atoms with Gasteiger partial charge in [-0.1, -0.05) is 12.1 Å². The molecule has 1 heterocycles. The highest BCUT2D eigenvalue weighted by Gasteiger charge is 2.74. The van der Waals surface area contributed by atoms with Crippen LogP contribution in [-0.2, 0) is 5.41 Å². The Hall–Kier alpha value is -3.67. The van der Waals surface area contributed by atoms with E-state index in [1.807, 2.05) is 0 Å². The zero-order valence-corrected chi connectivity index (χ0v) is 20.0. The lowest BCUT2D eigenvalue weighted by Crippen LogP contribution is -2.55. The van der Waals surface area contributed by atoms with Crippen LogP contribution in [0, 0.1) is 23.2 Å². The van der Waals surface area contributed by atoms with Crippen LogP contribution in [0.5, 0.6) is 0 Å². The van der Waals surface area contributed by atoms with Crippen molar-refractivity contribution >= 4 is 29.1 Å². The zero-order chi connectivity index (χ0) is 24.5. The Bertz CT molecular complexity index is 1360. The lowest BCUT2D eigenvalue weighted by Gasteiger charge is -2.59. The minimum absolute atomic E-state index is 0.0909. The monoisotopic (exact) mass is 479 g/mol. The highest BCUT2D eigenvalue weighted by Crippen LogP contribution is 2.81. The molecule has 36 heavy (non-hydrogen) atoms. The van der Waals surface area contributed by atoms with Crippen molar-refractivity contribution in [1.82, 2.24) is 4.98 Å². The second-order valence-corrected chi connectivity index (χ2v) is 11.4. The highest BCUT2D eigenvalue weighted by molar-refractivity contribution is 6.04. The molecule has 1 aromatic heterocycles. The molecule has 2 aromatic carbocycles. The van der Waals surface area contributed by atoms with Gasteiger partial charge in [0.25, 0.3) is 5.91 Å². The fourth-order valence-corrected chi connectivity index (χ4v) is 8.50. The average Bonchev–Trinajstić information content (AvgIpc) is 3.20. The summed E-state index contributed by atoms with van der Waals surface area (Å²) in [6, 6.07) is 18.7. The summed E-state index contributed by atoms with van der Waals surface area (Å²) in [5, 5.41) is 15.4. The Morgan fingerprint density at radius 3 is 2.39 bits per heavy atom. The first kappa shape index (κ1) is 21.6. The third-order valence-corrected chi connectivity index (χ3v) is 9.70. The second kappa shape index (κ2) is 7.66. The number of nitrogens with zero attached hydrogens (tertiary/aromatic N) is 1. The normalized spacial score (nSPS) is 30.9. The van der Waals surface area contributed by atoms with Gasteiger partial charge in [0, 0.05) is 28.6 Å². The smallest absolute Gasteiger partial charge is 0.339 e. The lowest BCUT2D eigenvalue weighted by molar-refractivity contribution is -0.0355. The lowest BCUT2D eigenvalue weighted by atomic mass is 9.44. The van der Waals surface area contributed by atoms with E-state index in [-0.39, 0.29) is 17.3 Å². The Kier molecular flexibility index (Phi) is 4.60. The van der Waals surface area contributed by atoms with Crippen molar-refractivity contribution in [2.45, 2.75) is 43.9 Å².